The van der Waals surface area contributed by atoms with Crippen molar-refractivity contribution in [2.45, 2.75) is 0 Å². The predicted molar refractivity (Wildman–Crippen MR) is 52.0 cm³/mol. The van der Waals surface area contributed by atoms with Crippen LogP contribution < -0.4 is 0 Å². The van der Waals surface area contributed by atoms with Gasteiger partial charge in [-0.1, -0.05) is 0 Å². The van der Waals surface area contributed by atoms with Gasteiger partial charge in [-0.2, -0.15) is 0 Å². The van der Waals surface area contributed by atoms with Crippen LogP contribution in [0, 0.1) is 0 Å². The average Bonchev–Trinajstić information content (AvgIpc) is 1.90. The quantitative estimate of drug-likeness (QED) is 0.411. The molecule has 0 atom stereocenters. The second kappa shape index (κ2) is 15.9. The molecule has 0 heterocycles. The molecule has 6 heteroatoms. The van der Waals surface area contributed by atoms with Crippen molar-refractivity contribution in [1.29, 1.82) is 0 Å². The van der Waals surface area contributed by atoms with Crippen molar-refractivity contribution in [3.05, 3.63) is 0 Å². The molecule has 0 fully saturated rings. The Bertz CT molecular complexity index is 65.5. The Labute approximate surface area is 138 Å². The van der Waals surface area contributed by atoms with Crippen LogP contribution in [0.25, 0.3) is 0 Å². The van der Waals surface area contributed by atoms with Gasteiger partial charge in [0, 0.05) is 19.6 Å². The SMILES string of the molecule is OCCN(CCO)CCO.[KH].[NaH]. The minimum absolute atomic E-state index is 0. The Morgan fingerprint density at radius 2 is 1.00 bits per heavy atom. The second-order valence-corrected chi connectivity index (χ2v) is 2.01. The summed E-state index contributed by atoms with van der Waals surface area (Å²) in [7, 11) is 0. The van der Waals surface area contributed by atoms with Crippen LogP contribution in [0.4, 0.5) is 0 Å². The summed E-state index contributed by atoms with van der Waals surface area (Å²) in [5.41, 5.74) is 0. The van der Waals surface area contributed by atoms with E-state index in [2.05, 4.69) is 0 Å². The Balaban J connectivity index is -0.000000405. The predicted octanol–water partition coefficient (Wildman–Crippen LogP) is -3.03. The third-order valence-corrected chi connectivity index (χ3v) is 1.25. The summed E-state index contributed by atoms with van der Waals surface area (Å²) < 4.78 is 0. The van der Waals surface area contributed by atoms with E-state index in [0.717, 1.165) is 0 Å². The fraction of sp³-hybridized carbons (Fsp3) is 1.00. The van der Waals surface area contributed by atoms with Crippen LogP contribution in [0.1, 0.15) is 0 Å². The summed E-state index contributed by atoms with van der Waals surface area (Å²) in [6, 6.07) is 0. The molecule has 0 amide bonds. The third-order valence-electron chi connectivity index (χ3n) is 1.25. The van der Waals surface area contributed by atoms with E-state index in [9.17, 15) is 0 Å². The zero-order chi connectivity index (χ0) is 7.82. The van der Waals surface area contributed by atoms with E-state index in [1.54, 1.807) is 4.90 Å². The van der Waals surface area contributed by atoms with Gasteiger partial charge in [-0.15, -0.1) is 0 Å². The van der Waals surface area contributed by atoms with E-state index in [-0.39, 0.29) is 101 Å². The molecule has 0 rings (SSSR count). The van der Waals surface area contributed by atoms with Crippen molar-refractivity contribution in [2.24, 2.45) is 0 Å². The van der Waals surface area contributed by atoms with Gasteiger partial charge in [0.1, 0.15) is 0 Å². The van der Waals surface area contributed by atoms with Gasteiger partial charge < -0.3 is 15.3 Å². The number of aliphatic hydroxyl groups excluding tert-OH is 3. The third kappa shape index (κ3) is 12.5. The molecule has 0 aliphatic carbocycles. The zero-order valence-electron chi connectivity index (χ0n) is 6.03. The van der Waals surface area contributed by atoms with E-state index in [1.807, 2.05) is 0 Å². The van der Waals surface area contributed by atoms with Crippen LogP contribution in [-0.2, 0) is 0 Å². The summed E-state index contributed by atoms with van der Waals surface area (Å²) in [6.45, 7) is 1.75. The molecule has 0 unspecified atom stereocenters. The van der Waals surface area contributed by atoms with E-state index >= 15 is 0 Å². The number of nitrogens with zero attached hydrogens (tertiary/aromatic N) is 1. The van der Waals surface area contributed by atoms with Crippen molar-refractivity contribution in [3.8, 4) is 0 Å². The first-order valence-electron chi connectivity index (χ1n) is 3.40. The fourth-order valence-corrected chi connectivity index (χ4v) is 0.760. The van der Waals surface area contributed by atoms with Gasteiger partial charge >= 0.3 is 80.9 Å². The first kappa shape index (κ1) is 20.0. The topological polar surface area (TPSA) is 63.9 Å². The molecule has 0 aromatic heterocycles. The summed E-state index contributed by atoms with van der Waals surface area (Å²) in [5, 5.41) is 25.5. The number of hydrogen-bond donors (Lipinski definition) is 3. The number of aliphatic hydroxyl groups is 3. The molecule has 66 valence electrons. The van der Waals surface area contributed by atoms with Gasteiger partial charge in [0.15, 0.2) is 0 Å². The summed E-state index contributed by atoms with van der Waals surface area (Å²) in [5.74, 6) is 0. The Morgan fingerprint density at radius 3 is 1.17 bits per heavy atom. The molecule has 0 saturated carbocycles. The van der Waals surface area contributed by atoms with Crippen molar-refractivity contribution in [3.63, 3.8) is 0 Å². The first-order valence-corrected chi connectivity index (χ1v) is 3.40. The molecule has 4 nitrogen and oxygen atoms in total. The van der Waals surface area contributed by atoms with Gasteiger partial charge in [0.2, 0.25) is 0 Å². The summed E-state index contributed by atoms with van der Waals surface area (Å²) in [4.78, 5) is 1.79. The van der Waals surface area contributed by atoms with Gasteiger partial charge in [0.25, 0.3) is 0 Å². The molecule has 0 aliphatic rings. The number of hydrogen-bond acceptors (Lipinski definition) is 4. The van der Waals surface area contributed by atoms with E-state index in [0.29, 0.717) is 19.6 Å². The Hall–Kier alpha value is 2.48. The normalized spacial score (nSPS) is 9.00. The second-order valence-electron chi connectivity index (χ2n) is 2.01. The van der Waals surface area contributed by atoms with E-state index in [1.165, 1.54) is 0 Å². The van der Waals surface area contributed by atoms with Gasteiger partial charge in [-0.25, -0.2) is 0 Å². The van der Waals surface area contributed by atoms with Crippen molar-refractivity contribution in [2.75, 3.05) is 39.5 Å². The molecule has 0 aromatic carbocycles. The first-order chi connectivity index (χ1) is 4.85. The zero-order valence-corrected chi connectivity index (χ0v) is 6.03. The van der Waals surface area contributed by atoms with Crippen LogP contribution in [-0.4, -0.2) is 141 Å². The maximum absolute atomic E-state index is 8.48. The van der Waals surface area contributed by atoms with Gasteiger partial charge in [-0.3, -0.25) is 4.90 Å². The molecule has 0 spiro atoms. The minimum atomic E-state index is 0. The van der Waals surface area contributed by atoms with Crippen LogP contribution in [0.2, 0.25) is 0 Å². The van der Waals surface area contributed by atoms with Crippen molar-refractivity contribution < 1.29 is 15.3 Å². The maximum atomic E-state index is 8.48. The molecule has 12 heavy (non-hydrogen) atoms. The average molecular weight is 213 g/mol. The molecular formula is C6H17KNNaO3. The summed E-state index contributed by atoms with van der Waals surface area (Å²) >= 11 is 0. The van der Waals surface area contributed by atoms with E-state index in [4.69, 9.17) is 15.3 Å². The molecule has 3 N–H and O–H groups in total. The van der Waals surface area contributed by atoms with Crippen LogP contribution >= 0.6 is 0 Å². The molecular weight excluding hydrogens is 196 g/mol. The molecule has 0 aromatic rings. The molecule has 0 aliphatic heterocycles. The number of rotatable bonds is 6. The van der Waals surface area contributed by atoms with Gasteiger partial charge in [0.05, 0.1) is 19.8 Å². The standard InChI is InChI=1S/C6H15NO3.K.Na.2H/c8-4-1-7(2-5-9)3-6-10;;;;/h8-10H,1-6H2;;;;. The Kier molecular flexibility index (Phi) is 26.5. The van der Waals surface area contributed by atoms with Crippen LogP contribution in [0.3, 0.4) is 0 Å². The van der Waals surface area contributed by atoms with Gasteiger partial charge in [-0.05, 0) is 0 Å². The van der Waals surface area contributed by atoms with Crippen LogP contribution in [0.5, 0.6) is 0 Å². The summed E-state index contributed by atoms with van der Waals surface area (Å²) in [6.07, 6.45) is 0. The molecule has 0 bridgehead atoms. The fourth-order valence-electron chi connectivity index (χ4n) is 0.760. The monoisotopic (exact) mass is 213 g/mol. The van der Waals surface area contributed by atoms with Crippen LogP contribution in [0.15, 0.2) is 0 Å². The van der Waals surface area contributed by atoms with Crippen molar-refractivity contribution in [1.82, 2.24) is 4.90 Å². The van der Waals surface area contributed by atoms with E-state index < -0.39 is 0 Å². The van der Waals surface area contributed by atoms with Crippen molar-refractivity contribution >= 4 is 80.9 Å². The molecule has 0 saturated heterocycles. The molecule has 0 radical (unpaired) electrons. The Morgan fingerprint density at radius 1 is 0.750 bits per heavy atom.